The van der Waals surface area contributed by atoms with Crippen molar-refractivity contribution in [2.45, 2.75) is 26.9 Å². The zero-order valence-corrected chi connectivity index (χ0v) is 17.2. The summed E-state index contributed by atoms with van der Waals surface area (Å²) >= 11 is 0. The highest BCUT2D eigenvalue weighted by molar-refractivity contribution is 5.98. The number of halogens is 2. The molecule has 1 aliphatic rings. The van der Waals surface area contributed by atoms with Crippen LogP contribution in [0.3, 0.4) is 0 Å². The van der Waals surface area contributed by atoms with Crippen LogP contribution < -0.4 is 0 Å². The van der Waals surface area contributed by atoms with Crippen molar-refractivity contribution >= 4 is 18.3 Å². The smallest absolute Gasteiger partial charge is 0.256 e. The van der Waals surface area contributed by atoms with Crippen molar-refractivity contribution in [1.29, 1.82) is 0 Å². The fraction of sp³-hybridized carbons (Fsp3) is 0.368. The maximum atomic E-state index is 13.7. The normalized spacial score (nSPS) is 13.1. The second kappa shape index (κ2) is 8.30. The van der Waals surface area contributed by atoms with Crippen LogP contribution in [0.25, 0.3) is 17.2 Å². The molecular weight excluding hydrogens is 399 g/mol. The van der Waals surface area contributed by atoms with Crippen molar-refractivity contribution in [2.75, 3.05) is 20.1 Å². The molecule has 4 rings (SSSR count). The van der Waals surface area contributed by atoms with Gasteiger partial charge in [-0.25, -0.2) is 9.37 Å². The van der Waals surface area contributed by atoms with Crippen LogP contribution in [-0.4, -0.2) is 55.5 Å². The quantitative estimate of drug-likeness (QED) is 0.631. The standard InChI is InChI=1S/C19H21FN6O2.ClH/c1-4-25(5-2)10-16-22-18(23-28-16)17-15-9-24(3)19(27)13-8-12(20)6-7-14(13)26(15)11-21-17;/h6-8,11H,4-5,9-10H2,1-3H3;1H. The highest BCUT2D eigenvalue weighted by Gasteiger charge is 2.28. The van der Waals surface area contributed by atoms with Gasteiger partial charge in [0.1, 0.15) is 17.8 Å². The Hall–Kier alpha value is -2.78. The lowest BCUT2D eigenvalue weighted by Gasteiger charge is -2.14. The zero-order chi connectivity index (χ0) is 19.8. The molecule has 0 bridgehead atoms. The topological polar surface area (TPSA) is 80.3 Å². The Morgan fingerprint density at radius 3 is 2.76 bits per heavy atom. The Morgan fingerprint density at radius 2 is 2.03 bits per heavy atom. The Labute approximate surface area is 173 Å². The maximum absolute atomic E-state index is 13.7. The number of hydrogen-bond acceptors (Lipinski definition) is 6. The van der Waals surface area contributed by atoms with E-state index in [4.69, 9.17) is 4.52 Å². The van der Waals surface area contributed by atoms with Crippen LogP contribution in [0.2, 0.25) is 0 Å². The molecule has 1 aliphatic heterocycles. The minimum atomic E-state index is -0.455. The van der Waals surface area contributed by atoms with E-state index in [1.165, 1.54) is 17.0 Å². The summed E-state index contributed by atoms with van der Waals surface area (Å²) in [5.41, 5.74) is 2.17. The van der Waals surface area contributed by atoms with Crippen molar-refractivity contribution < 1.29 is 13.7 Å². The van der Waals surface area contributed by atoms with Gasteiger partial charge in [0.25, 0.3) is 5.91 Å². The summed E-state index contributed by atoms with van der Waals surface area (Å²) in [6.07, 6.45) is 1.61. The third-order valence-corrected chi connectivity index (χ3v) is 4.98. The van der Waals surface area contributed by atoms with Crippen molar-refractivity contribution in [3.63, 3.8) is 0 Å². The number of aromatic nitrogens is 4. The molecule has 0 unspecified atom stereocenters. The number of carbonyl (C=O) groups excluding carboxylic acids is 1. The average molecular weight is 421 g/mol. The summed E-state index contributed by atoms with van der Waals surface area (Å²) in [6.45, 7) is 6.77. The maximum Gasteiger partial charge on any atom is 0.256 e. The van der Waals surface area contributed by atoms with E-state index in [0.717, 1.165) is 18.8 Å². The minimum absolute atomic E-state index is 0. The molecule has 0 aliphatic carbocycles. The van der Waals surface area contributed by atoms with Gasteiger partial charge in [-0.3, -0.25) is 14.3 Å². The van der Waals surface area contributed by atoms with Crippen LogP contribution in [0.5, 0.6) is 0 Å². The van der Waals surface area contributed by atoms with Crippen LogP contribution in [0.1, 0.15) is 35.8 Å². The molecule has 29 heavy (non-hydrogen) atoms. The first-order valence-electron chi connectivity index (χ1n) is 9.18. The van der Waals surface area contributed by atoms with Gasteiger partial charge in [0.2, 0.25) is 11.7 Å². The molecule has 0 saturated carbocycles. The number of fused-ring (bicyclic) bond motifs is 3. The van der Waals surface area contributed by atoms with Gasteiger partial charge in [-0.2, -0.15) is 4.98 Å². The van der Waals surface area contributed by atoms with E-state index in [-0.39, 0.29) is 18.3 Å². The molecule has 2 aromatic heterocycles. The lowest BCUT2D eigenvalue weighted by atomic mass is 10.1. The molecule has 3 heterocycles. The van der Waals surface area contributed by atoms with Crippen LogP contribution >= 0.6 is 12.4 Å². The highest BCUT2D eigenvalue weighted by Crippen LogP contribution is 2.29. The van der Waals surface area contributed by atoms with E-state index < -0.39 is 5.82 Å². The summed E-state index contributed by atoms with van der Waals surface area (Å²) < 4.78 is 20.9. The monoisotopic (exact) mass is 420 g/mol. The zero-order valence-electron chi connectivity index (χ0n) is 16.4. The second-order valence-corrected chi connectivity index (χ2v) is 6.71. The molecule has 0 spiro atoms. The Kier molecular flexibility index (Phi) is 5.99. The predicted octanol–water partition coefficient (Wildman–Crippen LogP) is 2.91. The van der Waals surface area contributed by atoms with E-state index >= 15 is 0 Å². The molecule has 0 N–H and O–H groups in total. The highest BCUT2D eigenvalue weighted by atomic mass is 35.5. The fourth-order valence-corrected chi connectivity index (χ4v) is 3.36. The largest absolute Gasteiger partial charge is 0.337 e. The Bertz CT molecular complexity index is 1030. The number of hydrogen-bond donors (Lipinski definition) is 0. The van der Waals surface area contributed by atoms with Crippen LogP contribution in [-0.2, 0) is 13.1 Å². The minimum Gasteiger partial charge on any atom is -0.337 e. The molecule has 8 nitrogen and oxygen atoms in total. The lowest BCUT2D eigenvalue weighted by Crippen LogP contribution is -2.25. The fourth-order valence-electron chi connectivity index (χ4n) is 3.36. The van der Waals surface area contributed by atoms with Crippen LogP contribution in [0, 0.1) is 5.82 Å². The second-order valence-electron chi connectivity index (χ2n) is 6.71. The molecular formula is C19H22ClFN6O2. The van der Waals surface area contributed by atoms with Crippen LogP contribution in [0.15, 0.2) is 29.0 Å². The lowest BCUT2D eigenvalue weighted by molar-refractivity contribution is 0.0787. The van der Waals surface area contributed by atoms with Crippen LogP contribution in [0.4, 0.5) is 4.39 Å². The van der Waals surface area contributed by atoms with Gasteiger partial charge in [0.15, 0.2) is 0 Å². The van der Waals surface area contributed by atoms with Crippen molar-refractivity contribution in [3.8, 4) is 17.2 Å². The number of benzene rings is 1. The van der Waals surface area contributed by atoms with Gasteiger partial charge in [-0.1, -0.05) is 19.0 Å². The molecule has 10 heteroatoms. The summed E-state index contributed by atoms with van der Waals surface area (Å²) in [5, 5.41) is 4.08. The number of carbonyl (C=O) groups is 1. The number of amides is 1. The van der Waals surface area contributed by atoms with Gasteiger partial charge >= 0.3 is 0 Å². The first-order valence-corrected chi connectivity index (χ1v) is 9.18. The SMILES string of the molecule is CCN(CC)Cc1nc(-c2ncn3c2CN(C)C(=O)c2cc(F)ccc2-3)no1.Cl. The molecule has 0 fully saturated rings. The van der Waals surface area contributed by atoms with Gasteiger partial charge < -0.3 is 9.42 Å². The number of rotatable bonds is 5. The van der Waals surface area contributed by atoms with E-state index in [9.17, 15) is 9.18 Å². The average Bonchev–Trinajstić information content (AvgIpc) is 3.30. The first kappa shape index (κ1) is 20.9. The molecule has 3 aromatic rings. The van der Waals surface area contributed by atoms with Gasteiger partial charge in [-0.05, 0) is 31.3 Å². The van der Waals surface area contributed by atoms with Crippen molar-refractivity contribution in [3.05, 3.63) is 47.5 Å². The van der Waals surface area contributed by atoms with Gasteiger partial charge in [0.05, 0.1) is 30.0 Å². The first-order chi connectivity index (χ1) is 13.5. The van der Waals surface area contributed by atoms with E-state index in [0.29, 0.717) is 41.7 Å². The Morgan fingerprint density at radius 1 is 1.28 bits per heavy atom. The van der Waals surface area contributed by atoms with E-state index in [1.807, 2.05) is 0 Å². The van der Waals surface area contributed by atoms with Crippen molar-refractivity contribution in [2.24, 2.45) is 0 Å². The summed E-state index contributed by atoms with van der Waals surface area (Å²) in [5.74, 6) is 0.186. The van der Waals surface area contributed by atoms with E-state index in [1.54, 1.807) is 24.0 Å². The molecule has 0 radical (unpaired) electrons. The molecule has 0 saturated heterocycles. The molecule has 1 aromatic carbocycles. The summed E-state index contributed by atoms with van der Waals surface area (Å²) in [7, 11) is 1.67. The summed E-state index contributed by atoms with van der Waals surface area (Å²) in [6, 6.07) is 4.16. The summed E-state index contributed by atoms with van der Waals surface area (Å²) in [4.78, 5) is 25.3. The molecule has 1 amide bonds. The Balaban J connectivity index is 0.00000240. The van der Waals surface area contributed by atoms with E-state index in [2.05, 4.69) is 33.9 Å². The molecule has 154 valence electrons. The number of imidazole rings is 1. The molecule has 0 atom stereocenters. The van der Waals surface area contributed by atoms with Gasteiger partial charge in [0, 0.05) is 7.05 Å². The van der Waals surface area contributed by atoms with Crippen molar-refractivity contribution in [1.82, 2.24) is 29.5 Å². The third kappa shape index (κ3) is 3.75. The number of nitrogens with zero attached hydrogens (tertiary/aromatic N) is 6. The predicted molar refractivity (Wildman–Crippen MR) is 106 cm³/mol. The van der Waals surface area contributed by atoms with Gasteiger partial charge in [-0.15, -0.1) is 12.4 Å². The third-order valence-electron chi connectivity index (χ3n) is 4.98.